The minimum atomic E-state index is -0.381. The molecule has 2 aliphatic heterocycles. The maximum absolute atomic E-state index is 12.1. The Balaban J connectivity index is 1.56. The average Bonchev–Trinajstić information content (AvgIpc) is 2.68. The van der Waals surface area contributed by atoms with Gasteiger partial charge in [0, 0.05) is 37.1 Å². The van der Waals surface area contributed by atoms with Gasteiger partial charge in [-0.2, -0.15) is 0 Å². The van der Waals surface area contributed by atoms with Gasteiger partial charge in [-0.3, -0.25) is 14.5 Å². The third-order valence-electron chi connectivity index (χ3n) is 5.28. The second kappa shape index (κ2) is 5.69. The van der Waals surface area contributed by atoms with E-state index in [9.17, 15) is 9.59 Å². The summed E-state index contributed by atoms with van der Waals surface area (Å²) in [4.78, 5) is 25.6. The van der Waals surface area contributed by atoms with Crippen molar-refractivity contribution in [3.8, 4) is 0 Å². The predicted molar refractivity (Wildman–Crippen MR) is 76.3 cm³/mol. The van der Waals surface area contributed by atoms with E-state index in [0.717, 1.165) is 25.7 Å². The number of amides is 2. The van der Waals surface area contributed by atoms with Gasteiger partial charge < -0.3 is 9.47 Å². The SMILES string of the molecule is CC1C(=O)N(CC2COC3(CCCCC3)OC2)C(=O)C1C. The van der Waals surface area contributed by atoms with Crippen molar-refractivity contribution in [1.29, 1.82) is 0 Å². The average molecular weight is 295 g/mol. The molecule has 1 saturated carbocycles. The van der Waals surface area contributed by atoms with Crippen molar-refractivity contribution in [3.63, 3.8) is 0 Å². The number of carbonyl (C=O) groups excluding carboxylic acids is 2. The lowest BCUT2D eigenvalue weighted by Gasteiger charge is -2.43. The number of hydrogen-bond acceptors (Lipinski definition) is 4. The minimum absolute atomic E-state index is 0.0505. The summed E-state index contributed by atoms with van der Waals surface area (Å²) in [6, 6.07) is 0. The van der Waals surface area contributed by atoms with E-state index in [-0.39, 0.29) is 35.4 Å². The number of ether oxygens (including phenoxy) is 2. The molecule has 0 bridgehead atoms. The Hall–Kier alpha value is -0.940. The molecule has 0 aromatic carbocycles. The zero-order valence-corrected chi connectivity index (χ0v) is 13.0. The van der Waals surface area contributed by atoms with Crippen molar-refractivity contribution in [3.05, 3.63) is 0 Å². The fourth-order valence-electron chi connectivity index (χ4n) is 3.58. The minimum Gasteiger partial charge on any atom is -0.349 e. The number of rotatable bonds is 2. The smallest absolute Gasteiger partial charge is 0.232 e. The van der Waals surface area contributed by atoms with E-state index >= 15 is 0 Å². The van der Waals surface area contributed by atoms with Crippen molar-refractivity contribution in [2.75, 3.05) is 19.8 Å². The Morgan fingerprint density at radius 2 is 1.52 bits per heavy atom. The molecule has 2 unspecified atom stereocenters. The van der Waals surface area contributed by atoms with Crippen molar-refractivity contribution < 1.29 is 19.1 Å². The highest BCUT2D eigenvalue weighted by Crippen LogP contribution is 2.36. The number of carbonyl (C=O) groups is 2. The van der Waals surface area contributed by atoms with Crippen LogP contribution in [0.1, 0.15) is 46.0 Å². The van der Waals surface area contributed by atoms with Crippen molar-refractivity contribution in [2.45, 2.75) is 51.7 Å². The molecule has 0 aromatic heterocycles. The molecule has 2 atom stereocenters. The third-order valence-corrected chi connectivity index (χ3v) is 5.28. The third kappa shape index (κ3) is 2.73. The van der Waals surface area contributed by atoms with Gasteiger partial charge in [0.05, 0.1) is 13.2 Å². The Kier molecular flexibility index (Phi) is 4.06. The van der Waals surface area contributed by atoms with Crippen LogP contribution in [0.2, 0.25) is 0 Å². The maximum Gasteiger partial charge on any atom is 0.232 e. The fourth-order valence-corrected chi connectivity index (χ4v) is 3.58. The first-order valence-corrected chi connectivity index (χ1v) is 8.15. The van der Waals surface area contributed by atoms with Gasteiger partial charge in [-0.1, -0.05) is 20.3 Å². The molecule has 1 spiro atoms. The van der Waals surface area contributed by atoms with Gasteiger partial charge in [0.15, 0.2) is 5.79 Å². The number of hydrogen-bond donors (Lipinski definition) is 0. The molecule has 118 valence electrons. The molecule has 3 rings (SSSR count). The van der Waals surface area contributed by atoms with E-state index in [2.05, 4.69) is 0 Å². The lowest BCUT2D eigenvalue weighted by Crippen LogP contribution is -2.48. The molecular weight excluding hydrogens is 270 g/mol. The molecule has 0 radical (unpaired) electrons. The van der Waals surface area contributed by atoms with E-state index in [1.165, 1.54) is 11.3 Å². The Bertz CT molecular complexity index is 400. The molecule has 3 fully saturated rings. The van der Waals surface area contributed by atoms with Gasteiger partial charge in [-0.05, 0) is 12.8 Å². The highest BCUT2D eigenvalue weighted by atomic mass is 16.7. The van der Waals surface area contributed by atoms with Crippen LogP contribution in [-0.4, -0.2) is 42.3 Å². The van der Waals surface area contributed by atoms with E-state index in [1.54, 1.807) is 0 Å². The summed E-state index contributed by atoms with van der Waals surface area (Å²) in [7, 11) is 0. The van der Waals surface area contributed by atoms with Gasteiger partial charge in [0.2, 0.25) is 11.8 Å². The summed E-state index contributed by atoms with van der Waals surface area (Å²) in [5.74, 6) is -0.784. The largest absolute Gasteiger partial charge is 0.349 e. The number of nitrogens with zero attached hydrogens (tertiary/aromatic N) is 1. The molecule has 0 N–H and O–H groups in total. The van der Waals surface area contributed by atoms with Gasteiger partial charge in [-0.25, -0.2) is 0 Å². The van der Waals surface area contributed by atoms with Crippen molar-refractivity contribution >= 4 is 11.8 Å². The van der Waals surface area contributed by atoms with E-state index < -0.39 is 0 Å². The molecule has 0 aromatic rings. The highest BCUT2D eigenvalue weighted by Gasteiger charge is 2.45. The lowest BCUT2D eigenvalue weighted by atomic mass is 9.93. The summed E-state index contributed by atoms with van der Waals surface area (Å²) in [5.41, 5.74) is 0. The fraction of sp³-hybridized carbons (Fsp3) is 0.875. The van der Waals surface area contributed by atoms with E-state index in [1.807, 2.05) is 13.8 Å². The maximum atomic E-state index is 12.1. The molecule has 5 heteroatoms. The molecule has 5 nitrogen and oxygen atoms in total. The van der Waals surface area contributed by atoms with Crippen LogP contribution in [0.3, 0.4) is 0 Å². The molecule has 2 amide bonds. The Morgan fingerprint density at radius 3 is 2.05 bits per heavy atom. The van der Waals surface area contributed by atoms with Crippen LogP contribution in [0.15, 0.2) is 0 Å². The summed E-state index contributed by atoms with van der Waals surface area (Å²) < 4.78 is 12.0. The first kappa shape index (κ1) is 15.0. The second-order valence-electron chi connectivity index (χ2n) is 6.82. The quantitative estimate of drug-likeness (QED) is 0.731. The molecule has 1 aliphatic carbocycles. The lowest BCUT2D eigenvalue weighted by molar-refractivity contribution is -0.295. The standard InChI is InChI=1S/C16H25NO4/c1-11-12(2)15(19)17(14(11)18)8-13-9-20-16(21-10-13)6-4-3-5-7-16/h11-13H,3-10H2,1-2H3. The van der Waals surface area contributed by atoms with Crippen molar-refractivity contribution in [2.24, 2.45) is 17.8 Å². The van der Waals surface area contributed by atoms with Crippen LogP contribution in [0.5, 0.6) is 0 Å². The summed E-state index contributed by atoms with van der Waals surface area (Å²) in [6.07, 6.45) is 5.50. The van der Waals surface area contributed by atoms with E-state index in [4.69, 9.17) is 9.47 Å². The highest BCUT2D eigenvalue weighted by molar-refractivity contribution is 6.04. The monoisotopic (exact) mass is 295 g/mol. The Labute approximate surface area is 126 Å². The first-order valence-electron chi connectivity index (χ1n) is 8.15. The van der Waals surface area contributed by atoms with Crippen LogP contribution < -0.4 is 0 Å². The van der Waals surface area contributed by atoms with Gasteiger partial charge in [0.25, 0.3) is 0 Å². The topological polar surface area (TPSA) is 55.8 Å². The van der Waals surface area contributed by atoms with E-state index in [0.29, 0.717) is 19.8 Å². The molecule has 2 heterocycles. The first-order chi connectivity index (χ1) is 10.0. The van der Waals surface area contributed by atoms with Crippen LogP contribution >= 0.6 is 0 Å². The van der Waals surface area contributed by atoms with Crippen LogP contribution in [-0.2, 0) is 19.1 Å². The van der Waals surface area contributed by atoms with Crippen LogP contribution in [0.25, 0.3) is 0 Å². The number of imide groups is 1. The number of likely N-dealkylation sites (tertiary alicyclic amines) is 1. The zero-order valence-electron chi connectivity index (χ0n) is 13.0. The molecular formula is C16H25NO4. The van der Waals surface area contributed by atoms with Crippen LogP contribution in [0, 0.1) is 17.8 Å². The summed E-state index contributed by atoms with van der Waals surface area (Å²) in [6.45, 7) is 5.26. The van der Waals surface area contributed by atoms with Crippen LogP contribution in [0.4, 0.5) is 0 Å². The van der Waals surface area contributed by atoms with Gasteiger partial charge >= 0.3 is 0 Å². The normalized spacial score (nSPS) is 33.9. The predicted octanol–water partition coefficient (Wildman–Crippen LogP) is 1.95. The summed E-state index contributed by atoms with van der Waals surface area (Å²) in [5, 5.41) is 0. The van der Waals surface area contributed by atoms with Crippen molar-refractivity contribution in [1.82, 2.24) is 4.90 Å². The van der Waals surface area contributed by atoms with Gasteiger partial charge in [-0.15, -0.1) is 0 Å². The Morgan fingerprint density at radius 1 is 1.00 bits per heavy atom. The second-order valence-corrected chi connectivity index (χ2v) is 6.82. The zero-order chi connectivity index (χ0) is 15.0. The van der Waals surface area contributed by atoms with Gasteiger partial charge in [0.1, 0.15) is 0 Å². The molecule has 3 aliphatic rings. The molecule has 21 heavy (non-hydrogen) atoms. The summed E-state index contributed by atoms with van der Waals surface area (Å²) >= 11 is 0. The molecule has 2 saturated heterocycles.